The zero-order valence-electron chi connectivity index (χ0n) is 10.8. The van der Waals surface area contributed by atoms with Gasteiger partial charge in [0.25, 0.3) is 0 Å². The maximum absolute atomic E-state index is 5.94. The van der Waals surface area contributed by atoms with E-state index in [0.717, 1.165) is 29.4 Å². The monoisotopic (exact) mass is 273 g/mol. The zero-order valence-corrected chi connectivity index (χ0v) is 11.6. The molecule has 3 heteroatoms. The summed E-state index contributed by atoms with van der Waals surface area (Å²) >= 11 is 5.94. The molecule has 0 amide bonds. The molecule has 98 valence electrons. The van der Waals surface area contributed by atoms with Gasteiger partial charge >= 0.3 is 0 Å². The maximum atomic E-state index is 5.94. The fraction of sp³-hybridized carbons (Fsp3) is 0.250. The summed E-state index contributed by atoms with van der Waals surface area (Å²) in [7, 11) is 1.71. The van der Waals surface area contributed by atoms with Gasteiger partial charge < -0.3 is 10.1 Å². The third kappa shape index (κ3) is 2.41. The van der Waals surface area contributed by atoms with Crippen molar-refractivity contribution in [3.63, 3.8) is 0 Å². The molecule has 2 aromatic carbocycles. The molecule has 0 bridgehead atoms. The molecule has 1 aliphatic heterocycles. The lowest BCUT2D eigenvalue weighted by molar-refractivity contribution is 0.415. The number of benzene rings is 2. The number of hydrogen-bond donors (Lipinski definition) is 1. The number of ether oxygens (including phenoxy) is 1. The van der Waals surface area contributed by atoms with E-state index in [-0.39, 0.29) is 0 Å². The lowest BCUT2D eigenvalue weighted by atomic mass is 9.88. The van der Waals surface area contributed by atoms with Crippen molar-refractivity contribution in [2.75, 3.05) is 19.0 Å². The number of para-hydroxylation sites is 1. The summed E-state index contributed by atoms with van der Waals surface area (Å²) in [6.07, 6.45) is 1.03. The Bertz CT molecular complexity index is 580. The van der Waals surface area contributed by atoms with Gasteiger partial charge in [-0.15, -0.1) is 0 Å². The van der Waals surface area contributed by atoms with Crippen LogP contribution in [0.1, 0.15) is 17.0 Å². The van der Waals surface area contributed by atoms with Crippen LogP contribution < -0.4 is 10.1 Å². The van der Waals surface area contributed by atoms with Crippen molar-refractivity contribution in [2.24, 2.45) is 0 Å². The smallest absolute Gasteiger partial charge is 0.142 e. The van der Waals surface area contributed by atoms with Gasteiger partial charge in [0.1, 0.15) is 5.75 Å². The average molecular weight is 274 g/mol. The lowest BCUT2D eigenvalue weighted by Gasteiger charge is -2.27. The third-order valence-corrected chi connectivity index (χ3v) is 3.92. The molecule has 0 saturated heterocycles. The first kappa shape index (κ1) is 12.4. The topological polar surface area (TPSA) is 21.3 Å². The number of hydrogen-bond acceptors (Lipinski definition) is 2. The number of anilines is 1. The molecule has 0 spiro atoms. The van der Waals surface area contributed by atoms with Gasteiger partial charge in [0.05, 0.1) is 12.8 Å². The molecule has 0 saturated carbocycles. The van der Waals surface area contributed by atoms with E-state index in [1.54, 1.807) is 7.11 Å². The summed E-state index contributed by atoms with van der Waals surface area (Å²) in [5.41, 5.74) is 3.77. The standard InChI is InChI=1S/C16H16ClNO/c1-19-15-4-2-3-12-9-13(10-18-16(12)15)11-5-7-14(17)8-6-11/h2-8,13,18H,9-10H2,1H3. The molecule has 0 aromatic heterocycles. The maximum Gasteiger partial charge on any atom is 0.142 e. The molecule has 1 aliphatic rings. The van der Waals surface area contributed by atoms with Gasteiger partial charge in [0, 0.05) is 17.5 Å². The van der Waals surface area contributed by atoms with Crippen molar-refractivity contribution in [1.82, 2.24) is 0 Å². The van der Waals surface area contributed by atoms with E-state index in [1.165, 1.54) is 11.1 Å². The molecule has 3 rings (SSSR count). The van der Waals surface area contributed by atoms with Crippen molar-refractivity contribution in [2.45, 2.75) is 12.3 Å². The van der Waals surface area contributed by atoms with Gasteiger partial charge in [-0.1, -0.05) is 35.9 Å². The first-order chi connectivity index (χ1) is 9.28. The Morgan fingerprint density at radius 2 is 1.95 bits per heavy atom. The summed E-state index contributed by atoms with van der Waals surface area (Å²) in [6.45, 7) is 0.926. The fourth-order valence-corrected chi connectivity index (χ4v) is 2.78. The Labute approximate surface area is 118 Å². The number of halogens is 1. The second kappa shape index (κ2) is 5.14. The van der Waals surface area contributed by atoms with E-state index >= 15 is 0 Å². The molecule has 1 atom stereocenters. The minimum Gasteiger partial charge on any atom is -0.495 e. The molecule has 19 heavy (non-hydrogen) atoms. The van der Waals surface area contributed by atoms with Gasteiger partial charge in [-0.3, -0.25) is 0 Å². The highest BCUT2D eigenvalue weighted by molar-refractivity contribution is 6.30. The Kier molecular flexibility index (Phi) is 3.34. The van der Waals surface area contributed by atoms with Crippen LogP contribution in [0.3, 0.4) is 0 Å². The minimum atomic E-state index is 0.483. The van der Waals surface area contributed by atoms with Crippen LogP contribution in [-0.2, 0) is 6.42 Å². The summed E-state index contributed by atoms with van der Waals surface area (Å²) in [4.78, 5) is 0. The second-order valence-electron chi connectivity index (χ2n) is 4.83. The second-order valence-corrected chi connectivity index (χ2v) is 5.26. The molecule has 1 heterocycles. The largest absolute Gasteiger partial charge is 0.495 e. The van der Waals surface area contributed by atoms with Gasteiger partial charge in [-0.25, -0.2) is 0 Å². The van der Waals surface area contributed by atoms with Crippen LogP contribution in [0, 0.1) is 0 Å². The molecule has 0 aliphatic carbocycles. The van der Waals surface area contributed by atoms with Crippen LogP contribution in [0.4, 0.5) is 5.69 Å². The van der Waals surface area contributed by atoms with Gasteiger partial charge in [-0.05, 0) is 35.7 Å². The van der Waals surface area contributed by atoms with Crippen molar-refractivity contribution in [1.29, 1.82) is 0 Å². The van der Waals surface area contributed by atoms with Crippen LogP contribution in [0.25, 0.3) is 0 Å². The van der Waals surface area contributed by atoms with E-state index in [2.05, 4.69) is 23.5 Å². The van der Waals surface area contributed by atoms with E-state index in [0.29, 0.717) is 5.92 Å². The number of rotatable bonds is 2. The van der Waals surface area contributed by atoms with Crippen molar-refractivity contribution >= 4 is 17.3 Å². The van der Waals surface area contributed by atoms with E-state index < -0.39 is 0 Å². The van der Waals surface area contributed by atoms with Crippen LogP contribution in [0.5, 0.6) is 5.75 Å². The van der Waals surface area contributed by atoms with Crippen LogP contribution in [-0.4, -0.2) is 13.7 Å². The van der Waals surface area contributed by atoms with Crippen LogP contribution in [0.2, 0.25) is 5.02 Å². The molecular formula is C16H16ClNO. The number of methoxy groups -OCH3 is 1. The Morgan fingerprint density at radius 3 is 2.68 bits per heavy atom. The third-order valence-electron chi connectivity index (χ3n) is 3.67. The SMILES string of the molecule is COc1cccc2c1NCC(c1ccc(Cl)cc1)C2. The summed E-state index contributed by atoms with van der Waals surface area (Å²) in [5, 5.41) is 4.27. The Hall–Kier alpha value is -1.67. The number of nitrogens with one attached hydrogen (secondary N) is 1. The van der Waals surface area contributed by atoms with Crippen LogP contribution >= 0.6 is 11.6 Å². The fourth-order valence-electron chi connectivity index (χ4n) is 2.65. The predicted molar refractivity (Wildman–Crippen MR) is 79.4 cm³/mol. The highest BCUT2D eigenvalue weighted by atomic mass is 35.5. The highest BCUT2D eigenvalue weighted by Gasteiger charge is 2.21. The van der Waals surface area contributed by atoms with Gasteiger partial charge in [-0.2, -0.15) is 0 Å². The average Bonchev–Trinajstić information content (AvgIpc) is 2.47. The Balaban J connectivity index is 1.88. The minimum absolute atomic E-state index is 0.483. The summed E-state index contributed by atoms with van der Waals surface area (Å²) in [6, 6.07) is 14.3. The predicted octanol–water partition coefficient (Wildman–Crippen LogP) is 4.10. The molecule has 0 radical (unpaired) electrons. The molecule has 0 fully saturated rings. The summed E-state index contributed by atoms with van der Waals surface area (Å²) in [5.74, 6) is 1.41. The highest BCUT2D eigenvalue weighted by Crippen LogP contribution is 2.36. The molecule has 1 N–H and O–H groups in total. The van der Waals surface area contributed by atoms with E-state index in [1.807, 2.05) is 24.3 Å². The lowest BCUT2D eigenvalue weighted by Crippen LogP contribution is -2.21. The first-order valence-corrected chi connectivity index (χ1v) is 6.81. The normalized spacial score (nSPS) is 17.5. The molecule has 2 nitrogen and oxygen atoms in total. The quantitative estimate of drug-likeness (QED) is 0.889. The Morgan fingerprint density at radius 1 is 1.16 bits per heavy atom. The van der Waals surface area contributed by atoms with E-state index in [9.17, 15) is 0 Å². The molecular weight excluding hydrogens is 258 g/mol. The zero-order chi connectivity index (χ0) is 13.2. The molecule has 2 aromatic rings. The number of fused-ring (bicyclic) bond motifs is 1. The van der Waals surface area contributed by atoms with Crippen molar-refractivity contribution in [3.8, 4) is 5.75 Å². The van der Waals surface area contributed by atoms with Gasteiger partial charge in [0.15, 0.2) is 0 Å². The summed E-state index contributed by atoms with van der Waals surface area (Å²) < 4.78 is 5.39. The van der Waals surface area contributed by atoms with Gasteiger partial charge in [0.2, 0.25) is 0 Å². The van der Waals surface area contributed by atoms with E-state index in [4.69, 9.17) is 16.3 Å². The molecule has 1 unspecified atom stereocenters. The van der Waals surface area contributed by atoms with Crippen LogP contribution in [0.15, 0.2) is 42.5 Å². The van der Waals surface area contributed by atoms with Crippen molar-refractivity contribution in [3.05, 3.63) is 58.6 Å². The van der Waals surface area contributed by atoms with Crippen molar-refractivity contribution < 1.29 is 4.74 Å². The first-order valence-electron chi connectivity index (χ1n) is 6.43.